The van der Waals surface area contributed by atoms with Crippen molar-refractivity contribution in [2.24, 2.45) is 0 Å². The number of nitrogens with one attached hydrogen (secondary N) is 2. The van der Waals surface area contributed by atoms with Gasteiger partial charge in [-0.2, -0.15) is 0 Å². The van der Waals surface area contributed by atoms with Gasteiger partial charge in [-0.25, -0.2) is 4.98 Å². The van der Waals surface area contributed by atoms with Crippen LogP contribution in [0.1, 0.15) is 26.7 Å². The van der Waals surface area contributed by atoms with E-state index in [-0.39, 0.29) is 17.6 Å². The SMILES string of the molecule is CCC(C)NC(=O)CCNc1ccc([N+](=O)[O-])cn1. The molecule has 0 radical (unpaired) electrons. The van der Waals surface area contributed by atoms with E-state index < -0.39 is 4.92 Å². The number of anilines is 1. The Balaban J connectivity index is 2.33. The number of carbonyl (C=O) groups excluding carboxylic acids is 1. The number of aromatic nitrogens is 1. The number of hydrogen-bond donors (Lipinski definition) is 2. The van der Waals surface area contributed by atoms with Gasteiger partial charge in [-0.05, 0) is 19.4 Å². The third kappa shape index (κ3) is 5.33. The molecule has 7 heteroatoms. The van der Waals surface area contributed by atoms with Crippen LogP contribution >= 0.6 is 0 Å². The number of carbonyl (C=O) groups is 1. The molecule has 19 heavy (non-hydrogen) atoms. The van der Waals surface area contributed by atoms with Crippen LogP contribution in [-0.2, 0) is 4.79 Å². The molecule has 0 aliphatic heterocycles. The smallest absolute Gasteiger partial charge is 0.287 e. The van der Waals surface area contributed by atoms with Gasteiger partial charge in [-0.15, -0.1) is 0 Å². The van der Waals surface area contributed by atoms with Crippen molar-refractivity contribution in [2.75, 3.05) is 11.9 Å². The fraction of sp³-hybridized carbons (Fsp3) is 0.500. The molecule has 0 saturated heterocycles. The van der Waals surface area contributed by atoms with Gasteiger partial charge in [-0.3, -0.25) is 14.9 Å². The molecule has 1 aromatic rings. The standard InChI is InChI=1S/C12H18N4O3/c1-3-9(2)15-12(17)6-7-13-11-5-4-10(8-14-11)16(18)19/h4-5,8-9H,3,6-7H2,1-2H3,(H,13,14)(H,15,17). The topological polar surface area (TPSA) is 97.2 Å². The first-order valence-corrected chi connectivity index (χ1v) is 6.16. The van der Waals surface area contributed by atoms with Gasteiger partial charge < -0.3 is 10.6 Å². The van der Waals surface area contributed by atoms with E-state index in [4.69, 9.17) is 0 Å². The second kappa shape index (κ2) is 7.30. The summed E-state index contributed by atoms with van der Waals surface area (Å²) in [5.74, 6) is 0.491. The van der Waals surface area contributed by atoms with Crippen LogP contribution < -0.4 is 10.6 Å². The Labute approximate surface area is 111 Å². The predicted octanol–water partition coefficient (Wildman–Crippen LogP) is 1.71. The quantitative estimate of drug-likeness (QED) is 0.578. The first-order valence-electron chi connectivity index (χ1n) is 6.16. The molecule has 0 fully saturated rings. The van der Waals surface area contributed by atoms with Gasteiger partial charge in [0.15, 0.2) is 0 Å². The maximum absolute atomic E-state index is 11.5. The fourth-order valence-corrected chi connectivity index (χ4v) is 1.35. The van der Waals surface area contributed by atoms with Gasteiger partial charge >= 0.3 is 0 Å². The highest BCUT2D eigenvalue weighted by Crippen LogP contribution is 2.11. The molecule has 1 heterocycles. The maximum atomic E-state index is 11.5. The molecule has 2 N–H and O–H groups in total. The minimum absolute atomic E-state index is 0.0243. The molecule has 1 amide bonds. The zero-order valence-electron chi connectivity index (χ0n) is 11.0. The molecular weight excluding hydrogens is 248 g/mol. The number of pyridine rings is 1. The summed E-state index contributed by atoms with van der Waals surface area (Å²) in [5.41, 5.74) is -0.0555. The molecule has 0 bridgehead atoms. The highest BCUT2D eigenvalue weighted by Gasteiger charge is 2.07. The summed E-state index contributed by atoms with van der Waals surface area (Å²) < 4.78 is 0. The number of nitrogens with zero attached hydrogens (tertiary/aromatic N) is 2. The second-order valence-electron chi connectivity index (χ2n) is 4.21. The van der Waals surface area contributed by atoms with Crippen molar-refractivity contribution in [3.8, 4) is 0 Å². The number of nitro groups is 1. The van der Waals surface area contributed by atoms with Crippen LogP contribution in [0.25, 0.3) is 0 Å². The molecule has 0 aliphatic rings. The summed E-state index contributed by atoms with van der Waals surface area (Å²) in [6.07, 6.45) is 2.41. The van der Waals surface area contributed by atoms with Crippen LogP contribution in [0.3, 0.4) is 0 Å². The Kier molecular flexibility index (Phi) is 5.72. The normalized spacial score (nSPS) is 11.7. The van der Waals surface area contributed by atoms with Crippen molar-refractivity contribution < 1.29 is 9.72 Å². The Morgan fingerprint density at radius 3 is 2.79 bits per heavy atom. The minimum atomic E-state index is -0.504. The van der Waals surface area contributed by atoms with Gasteiger partial charge in [0.25, 0.3) is 5.69 Å². The summed E-state index contributed by atoms with van der Waals surface area (Å²) in [7, 11) is 0. The molecule has 0 aromatic carbocycles. The van der Waals surface area contributed by atoms with Crippen molar-refractivity contribution in [1.82, 2.24) is 10.3 Å². The Bertz CT molecular complexity index is 433. The molecular formula is C12H18N4O3. The van der Waals surface area contributed by atoms with E-state index >= 15 is 0 Å². The molecule has 0 saturated carbocycles. The third-order valence-corrected chi connectivity index (χ3v) is 2.64. The van der Waals surface area contributed by atoms with Crippen molar-refractivity contribution in [3.05, 3.63) is 28.4 Å². The maximum Gasteiger partial charge on any atom is 0.287 e. The highest BCUT2D eigenvalue weighted by atomic mass is 16.6. The first-order chi connectivity index (χ1) is 9.02. The van der Waals surface area contributed by atoms with Crippen LogP contribution in [0.15, 0.2) is 18.3 Å². The van der Waals surface area contributed by atoms with Crippen molar-refractivity contribution in [2.45, 2.75) is 32.7 Å². The summed E-state index contributed by atoms with van der Waals surface area (Å²) in [6, 6.07) is 3.06. The van der Waals surface area contributed by atoms with Crippen LogP contribution in [-0.4, -0.2) is 28.4 Å². The Morgan fingerprint density at radius 1 is 1.53 bits per heavy atom. The van der Waals surface area contributed by atoms with Gasteiger partial charge in [-0.1, -0.05) is 6.92 Å². The van der Waals surface area contributed by atoms with Gasteiger partial charge in [0, 0.05) is 25.1 Å². The zero-order valence-corrected chi connectivity index (χ0v) is 11.0. The van der Waals surface area contributed by atoms with E-state index in [1.54, 1.807) is 0 Å². The van der Waals surface area contributed by atoms with E-state index in [0.717, 1.165) is 6.42 Å². The molecule has 0 spiro atoms. The minimum Gasteiger partial charge on any atom is -0.370 e. The van der Waals surface area contributed by atoms with Crippen LogP contribution in [0.5, 0.6) is 0 Å². The van der Waals surface area contributed by atoms with Gasteiger partial charge in [0.1, 0.15) is 12.0 Å². The zero-order chi connectivity index (χ0) is 14.3. The lowest BCUT2D eigenvalue weighted by Crippen LogP contribution is -2.32. The summed E-state index contributed by atoms with van der Waals surface area (Å²) >= 11 is 0. The number of hydrogen-bond acceptors (Lipinski definition) is 5. The highest BCUT2D eigenvalue weighted by molar-refractivity contribution is 5.76. The van der Waals surface area contributed by atoms with Crippen molar-refractivity contribution >= 4 is 17.4 Å². The molecule has 1 atom stereocenters. The molecule has 1 unspecified atom stereocenters. The van der Waals surface area contributed by atoms with Gasteiger partial charge in [0.2, 0.25) is 5.91 Å². The lowest BCUT2D eigenvalue weighted by molar-refractivity contribution is -0.385. The number of amides is 1. The van der Waals surface area contributed by atoms with E-state index in [9.17, 15) is 14.9 Å². The van der Waals surface area contributed by atoms with Crippen molar-refractivity contribution in [3.63, 3.8) is 0 Å². The molecule has 1 aromatic heterocycles. The molecule has 7 nitrogen and oxygen atoms in total. The Morgan fingerprint density at radius 2 is 2.26 bits per heavy atom. The van der Waals surface area contributed by atoms with E-state index in [1.165, 1.54) is 18.3 Å². The number of rotatable bonds is 7. The summed E-state index contributed by atoms with van der Waals surface area (Å²) in [5, 5.41) is 16.2. The first kappa shape index (κ1) is 14.9. The fourth-order valence-electron chi connectivity index (χ4n) is 1.35. The van der Waals surface area contributed by atoms with Crippen LogP contribution in [0, 0.1) is 10.1 Å². The Hall–Kier alpha value is -2.18. The van der Waals surface area contributed by atoms with Crippen LogP contribution in [0.4, 0.5) is 11.5 Å². The van der Waals surface area contributed by atoms with Crippen LogP contribution in [0.2, 0.25) is 0 Å². The largest absolute Gasteiger partial charge is 0.370 e. The second-order valence-corrected chi connectivity index (χ2v) is 4.21. The lowest BCUT2D eigenvalue weighted by atomic mass is 10.2. The van der Waals surface area contributed by atoms with E-state index in [1.807, 2.05) is 13.8 Å². The average molecular weight is 266 g/mol. The third-order valence-electron chi connectivity index (χ3n) is 2.64. The van der Waals surface area contributed by atoms with E-state index in [2.05, 4.69) is 15.6 Å². The van der Waals surface area contributed by atoms with Crippen molar-refractivity contribution in [1.29, 1.82) is 0 Å². The average Bonchev–Trinajstić information content (AvgIpc) is 2.39. The van der Waals surface area contributed by atoms with Gasteiger partial charge in [0.05, 0.1) is 4.92 Å². The monoisotopic (exact) mass is 266 g/mol. The summed E-state index contributed by atoms with van der Waals surface area (Å²) in [4.78, 5) is 25.3. The predicted molar refractivity (Wildman–Crippen MR) is 71.9 cm³/mol. The lowest BCUT2D eigenvalue weighted by Gasteiger charge is -2.11. The molecule has 0 aliphatic carbocycles. The van der Waals surface area contributed by atoms with E-state index in [0.29, 0.717) is 18.8 Å². The summed E-state index contributed by atoms with van der Waals surface area (Å²) in [6.45, 7) is 4.39. The molecule has 104 valence electrons. The molecule has 1 rings (SSSR count).